The fourth-order valence-corrected chi connectivity index (χ4v) is 2.75. The highest BCUT2D eigenvalue weighted by Gasteiger charge is 2.11. The second-order valence-corrected chi connectivity index (χ2v) is 6.10. The van der Waals surface area contributed by atoms with Crippen LogP contribution in [0.1, 0.15) is 61.5 Å². The van der Waals surface area contributed by atoms with Crippen molar-refractivity contribution in [1.29, 1.82) is 0 Å². The van der Waals surface area contributed by atoms with E-state index in [2.05, 4.69) is 11.9 Å². The van der Waals surface area contributed by atoms with Crippen molar-refractivity contribution in [2.75, 3.05) is 13.7 Å². The molecule has 1 heterocycles. The maximum Gasteiger partial charge on any atom is 0.338 e. The van der Waals surface area contributed by atoms with Crippen molar-refractivity contribution in [3.63, 3.8) is 0 Å². The molecule has 0 amide bonds. The van der Waals surface area contributed by atoms with Crippen LogP contribution in [-0.4, -0.2) is 24.7 Å². The van der Waals surface area contributed by atoms with Gasteiger partial charge in [0.05, 0.1) is 24.8 Å². The van der Waals surface area contributed by atoms with Crippen molar-refractivity contribution in [2.45, 2.75) is 52.4 Å². The molecule has 0 atom stereocenters. The van der Waals surface area contributed by atoms with Crippen molar-refractivity contribution in [1.82, 2.24) is 4.98 Å². The Bertz CT molecular complexity index is 682. The highest BCUT2D eigenvalue weighted by molar-refractivity contribution is 5.96. The first-order valence-electron chi connectivity index (χ1n) is 8.78. The molecule has 0 saturated heterocycles. The topological polar surface area (TPSA) is 48.4 Å². The predicted octanol–water partition coefficient (Wildman–Crippen LogP) is 5.07. The molecule has 0 radical (unpaired) electrons. The minimum Gasteiger partial charge on any atom is -0.496 e. The van der Waals surface area contributed by atoms with Gasteiger partial charge in [-0.1, -0.05) is 39.0 Å². The van der Waals surface area contributed by atoms with E-state index in [0.29, 0.717) is 12.2 Å². The smallest absolute Gasteiger partial charge is 0.338 e. The molecule has 0 saturated carbocycles. The third-order valence-corrected chi connectivity index (χ3v) is 4.09. The summed E-state index contributed by atoms with van der Waals surface area (Å²) in [6.45, 7) is 4.61. The van der Waals surface area contributed by atoms with Gasteiger partial charge in [0.25, 0.3) is 0 Å². The molecule has 0 aliphatic rings. The third-order valence-electron chi connectivity index (χ3n) is 4.09. The number of ether oxygens (including phenoxy) is 2. The van der Waals surface area contributed by atoms with Crippen molar-refractivity contribution < 1.29 is 14.3 Å². The number of carbonyl (C=O) groups is 1. The molecule has 4 nitrogen and oxygen atoms in total. The van der Waals surface area contributed by atoms with Gasteiger partial charge in [-0.05, 0) is 31.5 Å². The molecule has 24 heavy (non-hydrogen) atoms. The highest BCUT2D eigenvalue weighted by Crippen LogP contribution is 2.26. The first kappa shape index (κ1) is 18.2. The molecule has 0 N–H and O–H groups in total. The minimum absolute atomic E-state index is 0.284. The van der Waals surface area contributed by atoms with E-state index >= 15 is 0 Å². The first-order chi connectivity index (χ1) is 11.7. The van der Waals surface area contributed by atoms with E-state index in [1.165, 1.54) is 25.7 Å². The van der Waals surface area contributed by atoms with Crippen LogP contribution in [0.25, 0.3) is 10.9 Å². The number of aromatic nitrogens is 1. The fourth-order valence-electron chi connectivity index (χ4n) is 2.75. The summed E-state index contributed by atoms with van der Waals surface area (Å²) in [6, 6.07) is 7.27. The second-order valence-electron chi connectivity index (χ2n) is 6.10. The van der Waals surface area contributed by atoms with Gasteiger partial charge in [0.1, 0.15) is 5.75 Å². The molecule has 1 aromatic carbocycles. The minimum atomic E-state index is -0.284. The van der Waals surface area contributed by atoms with Gasteiger partial charge in [-0.2, -0.15) is 0 Å². The number of fused-ring (bicyclic) bond motifs is 1. The lowest BCUT2D eigenvalue weighted by atomic mass is 10.1. The summed E-state index contributed by atoms with van der Waals surface area (Å²) < 4.78 is 10.8. The Hall–Kier alpha value is -2.10. The van der Waals surface area contributed by atoms with Crippen LogP contribution in [0.4, 0.5) is 0 Å². The van der Waals surface area contributed by atoms with Gasteiger partial charge >= 0.3 is 5.97 Å². The van der Waals surface area contributed by atoms with E-state index in [4.69, 9.17) is 9.47 Å². The van der Waals surface area contributed by atoms with Crippen molar-refractivity contribution >= 4 is 16.9 Å². The van der Waals surface area contributed by atoms with Crippen LogP contribution in [0.15, 0.2) is 24.3 Å². The van der Waals surface area contributed by atoms with E-state index in [-0.39, 0.29) is 5.97 Å². The largest absolute Gasteiger partial charge is 0.496 e. The number of rotatable bonds is 9. The number of pyridine rings is 1. The molecule has 0 spiro atoms. The molecule has 130 valence electrons. The molecule has 2 rings (SSSR count). The number of benzene rings is 1. The summed E-state index contributed by atoms with van der Waals surface area (Å²) in [5.74, 6) is 0.441. The van der Waals surface area contributed by atoms with E-state index in [0.717, 1.165) is 35.2 Å². The van der Waals surface area contributed by atoms with Crippen molar-refractivity contribution in [3.8, 4) is 5.75 Å². The number of methoxy groups -OCH3 is 1. The predicted molar refractivity (Wildman–Crippen MR) is 96.7 cm³/mol. The Morgan fingerprint density at radius 1 is 1.08 bits per heavy atom. The normalized spacial score (nSPS) is 10.8. The molecule has 0 aliphatic heterocycles. The lowest BCUT2D eigenvalue weighted by molar-refractivity contribution is 0.0498. The summed E-state index contributed by atoms with van der Waals surface area (Å²) in [4.78, 5) is 16.7. The van der Waals surface area contributed by atoms with E-state index < -0.39 is 0 Å². The van der Waals surface area contributed by atoms with Gasteiger partial charge in [-0.3, -0.25) is 4.98 Å². The Kier molecular flexibility index (Phi) is 7.04. The Morgan fingerprint density at radius 2 is 1.83 bits per heavy atom. The number of aryl methyl sites for hydroxylation is 1. The Morgan fingerprint density at radius 3 is 2.58 bits per heavy atom. The zero-order valence-corrected chi connectivity index (χ0v) is 14.9. The number of carbonyl (C=O) groups excluding carboxylic acids is 1. The summed E-state index contributed by atoms with van der Waals surface area (Å²) in [5.41, 5.74) is 2.24. The Balaban J connectivity index is 1.94. The lowest BCUT2D eigenvalue weighted by Crippen LogP contribution is -2.06. The van der Waals surface area contributed by atoms with Crippen LogP contribution in [0.3, 0.4) is 0 Å². The average molecular weight is 329 g/mol. The van der Waals surface area contributed by atoms with Gasteiger partial charge in [0.15, 0.2) is 0 Å². The lowest BCUT2D eigenvalue weighted by Gasteiger charge is -2.09. The van der Waals surface area contributed by atoms with Crippen molar-refractivity contribution in [3.05, 3.63) is 35.5 Å². The van der Waals surface area contributed by atoms with Crippen LogP contribution >= 0.6 is 0 Å². The van der Waals surface area contributed by atoms with Crippen LogP contribution in [0.5, 0.6) is 5.75 Å². The quantitative estimate of drug-likeness (QED) is 0.476. The van der Waals surface area contributed by atoms with E-state index in [9.17, 15) is 4.79 Å². The van der Waals surface area contributed by atoms with E-state index in [1.54, 1.807) is 19.2 Å². The maximum absolute atomic E-state index is 12.2. The fraction of sp³-hybridized carbons (Fsp3) is 0.500. The highest BCUT2D eigenvalue weighted by atomic mass is 16.5. The summed E-state index contributed by atoms with van der Waals surface area (Å²) in [6.07, 6.45) is 7.04. The zero-order valence-electron chi connectivity index (χ0n) is 14.9. The summed E-state index contributed by atoms with van der Waals surface area (Å²) in [7, 11) is 1.62. The molecule has 0 bridgehead atoms. The number of esters is 1. The van der Waals surface area contributed by atoms with Crippen LogP contribution in [0, 0.1) is 6.92 Å². The Labute approximate surface area is 144 Å². The maximum atomic E-state index is 12.2. The number of hydrogen-bond acceptors (Lipinski definition) is 4. The molecule has 4 heteroatoms. The second kappa shape index (κ2) is 9.26. The molecular weight excluding hydrogens is 302 g/mol. The van der Waals surface area contributed by atoms with E-state index in [1.807, 2.05) is 19.1 Å². The van der Waals surface area contributed by atoms with Gasteiger partial charge in [-0.25, -0.2) is 4.79 Å². The molecule has 1 aromatic heterocycles. The monoisotopic (exact) mass is 329 g/mol. The number of hydrogen-bond donors (Lipinski definition) is 0. The molecule has 0 fully saturated rings. The van der Waals surface area contributed by atoms with Gasteiger partial charge in [0, 0.05) is 17.1 Å². The number of nitrogens with zero attached hydrogens (tertiary/aromatic N) is 1. The van der Waals surface area contributed by atoms with Crippen LogP contribution in [0.2, 0.25) is 0 Å². The summed E-state index contributed by atoms with van der Waals surface area (Å²) in [5, 5.41) is 0.831. The average Bonchev–Trinajstić information content (AvgIpc) is 2.59. The van der Waals surface area contributed by atoms with Crippen molar-refractivity contribution in [2.24, 2.45) is 0 Å². The standard InChI is InChI=1S/C20H27NO3/c1-4-5-6-7-8-9-12-24-20(22)16-10-11-18-17(14-16)19(23-3)13-15(2)21-18/h10-11,13-14H,4-9,12H2,1-3H3. The first-order valence-corrected chi connectivity index (χ1v) is 8.78. The SMILES string of the molecule is CCCCCCCCOC(=O)c1ccc2nc(C)cc(OC)c2c1. The molecule has 0 unspecified atom stereocenters. The van der Waals surface area contributed by atoms with Gasteiger partial charge in [-0.15, -0.1) is 0 Å². The molecular formula is C20H27NO3. The van der Waals surface area contributed by atoms with Gasteiger partial charge in [0.2, 0.25) is 0 Å². The van der Waals surface area contributed by atoms with Crippen LogP contribution < -0.4 is 4.74 Å². The molecule has 0 aliphatic carbocycles. The number of unbranched alkanes of at least 4 members (excludes halogenated alkanes) is 5. The van der Waals surface area contributed by atoms with Gasteiger partial charge < -0.3 is 9.47 Å². The third kappa shape index (κ3) is 4.95. The molecule has 2 aromatic rings. The van der Waals surface area contributed by atoms with Crippen LogP contribution in [-0.2, 0) is 4.74 Å². The zero-order chi connectivity index (χ0) is 17.4. The summed E-state index contributed by atoms with van der Waals surface area (Å²) >= 11 is 0.